The monoisotopic (exact) mass is 539 g/mol. The number of rotatable bonds is 0. The number of hydrogen-bond donors (Lipinski definition) is 0. The van der Waals surface area contributed by atoms with E-state index in [1.807, 2.05) is 24.3 Å². The van der Waals surface area contributed by atoms with Gasteiger partial charge in [-0.15, -0.1) is 0 Å². The third-order valence-corrected chi connectivity index (χ3v) is 7.28. The van der Waals surface area contributed by atoms with Gasteiger partial charge in [-0.25, -0.2) is 24.3 Å². The maximum atomic E-state index is 2.20. The summed E-state index contributed by atoms with van der Waals surface area (Å²) in [5.41, 5.74) is 17.4. The summed E-state index contributed by atoms with van der Waals surface area (Å²) in [4.78, 5) is 0. The van der Waals surface area contributed by atoms with Crippen molar-refractivity contribution in [2.75, 3.05) is 0 Å². The molecule has 0 spiro atoms. The van der Waals surface area contributed by atoms with Crippen LogP contribution in [0.5, 0.6) is 0 Å². The Morgan fingerprint density at radius 1 is 0.500 bits per heavy atom. The molecule has 0 aliphatic carbocycles. The van der Waals surface area contributed by atoms with Gasteiger partial charge in [0, 0.05) is 0 Å². The molecule has 2 heteroatoms. The third-order valence-electron chi connectivity index (χ3n) is 7.28. The van der Waals surface area contributed by atoms with Gasteiger partial charge in [-0.05, 0) is 0 Å². The van der Waals surface area contributed by atoms with Gasteiger partial charge in [-0.1, -0.05) is 83.1 Å². The van der Waals surface area contributed by atoms with Crippen molar-refractivity contribution >= 4 is 0 Å². The van der Waals surface area contributed by atoms with E-state index in [4.69, 9.17) is 0 Å². The van der Waals surface area contributed by atoms with Crippen LogP contribution in [0.3, 0.4) is 0 Å². The molecule has 0 nitrogen and oxygen atoms in total. The van der Waals surface area contributed by atoms with Crippen LogP contribution in [0.25, 0.3) is 0 Å². The molecule has 0 fully saturated rings. The van der Waals surface area contributed by atoms with Crippen molar-refractivity contribution in [3.63, 3.8) is 0 Å². The van der Waals surface area contributed by atoms with E-state index in [9.17, 15) is 0 Å². The molecule has 34 heavy (non-hydrogen) atoms. The second-order valence-electron chi connectivity index (χ2n) is 9.17. The largest absolute Gasteiger partial charge is 2.00 e. The fourth-order valence-electron chi connectivity index (χ4n) is 3.75. The van der Waals surface area contributed by atoms with Crippen molar-refractivity contribution in [1.82, 2.24) is 0 Å². The standard InChI is InChI=1S/2C10H15.2C6H7.Fe.Mn/c2*1-6-7(2)9(4)10(5)8(6)3;2*1-6-4-2-3-5-6;;/h2*1-5H3;2*2-5H,1H3;;/q4*-1;2*+2. The summed E-state index contributed by atoms with van der Waals surface area (Å²) in [5.74, 6) is 0. The second-order valence-corrected chi connectivity index (χ2v) is 9.17. The first-order chi connectivity index (χ1) is 14.9. The van der Waals surface area contributed by atoms with E-state index in [0.717, 1.165) is 0 Å². The molecule has 0 atom stereocenters. The molecular formula is C32H44FeMn. The van der Waals surface area contributed by atoms with E-state index in [2.05, 4.69) is 107 Å². The van der Waals surface area contributed by atoms with Crippen LogP contribution in [0.1, 0.15) is 66.8 Å². The van der Waals surface area contributed by atoms with E-state index < -0.39 is 0 Å². The van der Waals surface area contributed by atoms with Crippen molar-refractivity contribution in [3.05, 3.63) is 115 Å². The van der Waals surface area contributed by atoms with Crippen LogP contribution >= 0.6 is 0 Å². The van der Waals surface area contributed by atoms with Gasteiger partial charge in [0.2, 0.25) is 0 Å². The smallest absolute Gasteiger partial charge is 0.213 e. The van der Waals surface area contributed by atoms with Gasteiger partial charge < -0.3 is 0 Å². The fraction of sp³-hybridized carbons (Fsp3) is 0.375. The Hall–Kier alpha value is -1.56. The zero-order chi connectivity index (χ0) is 24.6. The molecule has 0 saturated heterocycles. The number of hydrogen-bond acceptors (Lipinski definition) is 0. The Balaban J connectivity index is 0. The van der Waals surface area contributed by atoms with Crippen LogP contribution < -0.4 is 0 Å². The average Bonchev–Trinajstić information content (AvgIpc) is 3.53. The minimum absolute atomic E-state index is 0. The molecule has 0 bridgehead atoms. The first-order valence-corrected chi connectivity index (χ1v) is 11.7. The molecule has 0 unspecified atom stereocenters. The van der Waals surface area contributed by atoms with Crippen LogP contribution in [0.15, 0.2) is 48.5 Å². The zero-order valence-corrected chi connectivity index (χ0v) is 25.6. The first-order valence-electron chi connectivity index (χ1n) is 11.7. The van der Waals surface area contributed by atoms with Gasteiger partial charge in [-0.2, -0.15) is 91.0 Å². The molecule has 187 valence electrons. The molecule has 4 aromatic rings. The summed E-state index contributed by atoms with van der Waals surface area (Å²) < 4.78 is 0. The van der Waals surface area contributed by atoms with Crippen molar-refractivity contribution in [2.24, 2.45) is 0 Å². The summed E-state index contributed by atoms with van der Waals surface area (Å²) in [5, 5.41) is 0. The van der Waals surface area contributed by atoms with Crippen LogP contribution in [-0.2, 0) is 34.1 Å². The van der Waals surface area contributed by atoms with Crippen molar-refractivity contribution < 1.29 is 34.1 Å². The average molecular weight is 539 g/mol. The summed E-state index contributed by atoms with van der Waals surface area (Å²) in [6.07, 6.45) is 0. The Labute approximate surface area is 231 Å². The third kappa shape index (κ3) is 9.59. The molecule has 0 aliphatic heterocycles. The maximum Gasteiger partial charge on any atom is 2.00 e. The Morgan fingerprint density at radius 3 is 0.794 bits per heavy atom. The van der Waals surface area contributed by atoms with Gasteiger partial charge in [-0.3, -0.25) is 0 Å². The van der Waals surface area contributed by atoms with E-state index in [1.54, 1.807) is 0 Å². The van der Waals surface area contributed by atoms with Crippen LogP contribution in [0, 0.1) is 83.1 Å². The van der Waals surface area contributed by atoms with Crippen LogP contribution in [0.2, 0.25) is 0 Å². The quantitative estimate of drug-likeness (QED) is 0.154. The van der Waals surface area contributed by atoms with Crippen LogP contribution in [-0.4, -0.2) is 0 Å². The van der Waals surface area contributed by atoms with Gasteiger partial charge in [0.1, 0.15) is 0 Å². The van der Waals surface area contributed by atoms with Gasteiger partial charge in [0.15, 0.2) is 0 Å². The van der Waals surface area contributed by atoms with Crippen molar-refractivity contribution in [3.8, 4) is 0 Å². The SMILES string of the molecule is Cc1c(C)c(C)[c-](C)c1C.Cc1c(C)c(C)[c-](C)c1C.Cc1ccc[cH-]1.Cc1ccc[cH-]1.[Fe+2].[Mn+2]. The predicted molar refractivity (Wildman–Crippen MR) is 145 cm³/mol. The molecule has 0 saturated carbocycles. The maximum absolute atomic E-state index is 2.20. The Bertz CT molecular complexity index is 819. The topological polar surface area (TPSA) is 0 Å². The van der Waals surface area contributed by atoms with Gasteiger partial charge >= 0.3 is 34.1 Å². The van der Waals surface area contributed by atoms with Gasteiger partial charge in [0.25, 0.3) is 0 Å². The summed E-state index contributed by atoms with van der Waals surface area (Å²) >= 11 is 0. The minimum Gasteiger partial charge on any atom is -0.213 e. The number of aryl methyl sites for hydroxylation is 2. The summed E-state index contributed by atoms with van der Waals surface area (Å²) in [6, 6.07) is 16.5. The Kier molecular flexibility index (Phi) is 16.5. The predicted octanol–water partition coefficient (Wildman–Crippen LogP) is 9.32. The summed E-state index contributed by atoms with van der Waals surface area (Å²) in [7, 11) is 0. The molecule has 0 N–H and O–H groups in total. The van der Waals surface area contributed by atoms with Crippen molar-refractivity contribution in [1.29, 1.82) is 0 Å². The van der Waals surface area contributed by atoms with Crippen LogP contribution in [0.4, 0.5) is 0 Å². The fourth-order valence-corrected chi connectivity index (χ4v) is 3.75. The van der Waals surface area contributed by atoms with E-state index in [1.165, 1.54) is 66.8 Å². The summed E-state index contributed by atoms with van der Waals surface area (Å²) in [6.45, 7) is 26.2. The normalized spacial score (nSPS) is 9.29. The van der Waals surface area contributed by atoms with E-state index in [-0.39, 0.29) is 34.1 Å². The molecule has 0 heterocycles. The molecule has 0 aliphatic rings. The molecule has 0 amide bonds. The molecule has 1 radical (unpaired) electrons. The molecule has 4 rings (SSSR count). The molecule has 0 aromatic heterocycles. The second kappa shape index (κ2) is 16.2. The molecular weight excluding hydrogens is 495 g/mol. The van der Waals surface area contributed by atoms with Crippen molar-refractivity contribution in [2.45, 2.75) is 83.1 Å². The first kappa shape index (κ1) is 34.6. The van der Waals surface area contributed by atoms with Gasteiger partial charge in [0.05, 0.1) is 0 Å². The van der Waals surface area contributed by atoms with E-state index >= 15 is 0 Å². The zero-order valence-electron chi connectivity index (χ0n) is 23.4. The van der Waals surface area contributed by atoms with E-state index in [0.29, 0.717) is 0 Å². The molecule has 4 aromatic carbocycles. The minimum atomic E-state index is 0. The Morgan fingerprint density at radius 2 is 0.735 bits per heavy atom.